The van der Waals surface area contributed by atoms with Gasteiger partial charge in [-0.2, -0.15) is 4.98 Å². The first-order chi connectivity index (χ1) is 7.49. The van der Waals surface area contributed by atoms with Crippen LogP contribution in [0.4, 0.5) is 5.95 Å². The summed E-state index contributed by atoms with van der Waals surface area (Å²) >= 11 is 0. The molecule has 0 aliphatic heterocycles. The van der Waals surface area contributed by atoms with E-state index in [4.69, 9.17) is 4.74 Å². The highest BCUT2D eigenvalue weighted by atomic mass is 16.5. The van der Waals surface area contributed by atoms with Gasteiger partial charge in [0.15, 0.2) is 0 Å². The maximum Gasteiger partial charge on any atom is 0.355 e. The van der Waals surface area contributed by atoms with Crippen molar-refractivity contribution >= 4 is 5.95 Å². The van der Waals surface area contributed by atoms with E-state index in [1.54, 1.807) is 26.0 Å². The van der Waals surface area contributed by atoms with E-state index in [2.05, 4.69) is 4.98 Å². The Morgan fingerprint density at radius 3 is 2.50 bits per heavy atom. The molecule has 1 aromatic rings. The van der Waals surface area contributed by atoms with Gasteiger partial charge in [0.25, 0.3) is 0 Å². The number of methoxy groups -OCH3 is 1. The molecule has 0 amide bonds. The summed E-state index contributed by atoms with van der Waals surface area (Å²) in [7, 11) is 6.53. The summed E-state index contributed by atoms with van der Waals surface area (Å²) in [4.78, 5) is 28.8. The number of rotatable bonds is 4. The van der Waals surface area contributed by atoms with Gasteiger partial charge < -0.3 is 9.64 Å². The van der Waals surface area contributed by atoms with Gasteiger partial charge in [-0.15, -0.1) is 0 Å². The zero-order valence-electron chi connectivity index (χ0n) is 9.93. The molecule has 0 aliphatic rings. The van der Waals surface area contributed by atoms with Gasteiger partial charge in [0.05, 0.1) is 13.2 Å². The molecular weight excluding hydrogens is 212 g/mol. The molecule has 0 radical (unpaired) electrons. The molecule has 0 fully saturated rings. The quantitative estimate of drug-likeness (QED) is 0.637. The van der Waals surface area contributed by atoms with Crippen molar-refractivity contribution in [3.63, 3.8) is 0 Å². The molecule has 0 atom stereocenters. The van der Waals surface area contributed by atoms with Crippen LogP contribution in [0, 0.1) is 0 Å². The highest BCUT2D eigenvalue weighted by Gasteiger charge is 2.10. The molecule has 0 saturated carbocycles. The van der Waals surface area contributed by atoms with Gasteiger partial charge in [-0.1, -0.05) is 0 Å². The molecule has 0 aliphatic carbocycles. The third-order valence-electron chi connectivity index (χ3n) is 2.16. The predicted molar refractivity (Wildman–Crippen MR) is 59.9 cm³/mol. The Kier molecular flexibility index (Phi) is 3.83. The van der Waals surface area contributed by atoms with Crippen LogP contribution in [-0.2, 0) is 18.3 Å². The summed E-state index contributed by atoms with van der Waals surface area (Å²) in [5, 5.41) is 0. The van der Waals surface area contributed by atoms with E-state index in [0.29, 0.717) is 12.6 Å². The molecule has 0 N–H and O–H groups in total. The van der Waals surface area contributed by atoms with E-state index in [-0.39, 0.29) is 12.2 Å². The maximum absolute atomic E-state index is 11.8. The molecule has 0 aromatic carbocycles. The van der Waals surface area contributed by atoms with Gasteiger partial charge in [0.2, 0.25) is 5.95 Å². The second-order valence-electron chi connectivity index (χ2n) is 3.57. The third kappa shape index (κ3) is 2.30. The monoisotopic (exact) mass is 228 g/mol. The van der Waals surface area contributed by atoms with Crippen LogP contribution in [0.25, 0.3) is 0 Å². The molecule has 1 rings (SSSR count). The molecule has 7 nitrogen and oxygen atoms in total. The number of aromatic nitrogens is 3. The number of hydrogen-bond donors (Lipinski definition) is 0. The van der Waals surface area contributed by atoms with E-state index in [1.165, 1.54) is 11.7 Å². The second kappa shape index (κ2) is 4.93. The number of ether oxygens (including phenoxy) is 1. The van der Waals surface area contributed by atoms with Gasteiger partial charge in [-0.3, -0.25) is 4.57 Å². The zero-order valence-corrected chi connectivity index (χ0v) is 9.93. The Balaban J connectivity index is 3.30. The first-order valence-corrected chi connectivity index (χ1v) is 4.83. The largest absolute Gasteiger partial charge is 0.383 e. The van der Waals surface area contributed by atoms with Gasteiger partial charge in [-0.05, 0) is 0 Å². The van der Waals surface area contributed by atoms with Crippen LogP contribution >= 0.6 is 0 Å². The summed E-state index contributed by atoms with van der Waals surface area (Å²) in [5.41, 5.74) is -0.940. The highest BCUT2D eigenvalue weighted by Crippen LogP contribution is 1.97. The van der Waals surface area contributed by atoms with E-state index in [0.717, 1.165) is 4.57 Å². The van der Waals surface area contributed by atoms with E-state index < -0.39 is 5.69 Å². The Bertz CT molecular complexity index is 475. The lowest BCUT2D eigenvalue weighted by atomic mass is 10.6. The molecule has 16 heavy (non-hydrogen) atoms. The maximum atomic E-state index is 11.8. The predicted octanol–water partition coefficient (Wildman–Crippen LogP) is -1.35. The van der Waals surface area contributed by atoms with Crippen molar-refractivity contribution in [1.29, 1.82) is 0 Å². The fraction of sp³-hybridized carbons (Fsp3) is 0.667. The lowest BCUT2D eigenvalue weighted by Crippen LogP contribution is -2.43. The molecule has 1 aromatic heterocycles. The molecule has 0 saturated heterocycles. The first kappa shape index (κ1) is 12.4. The average molecular weight is 228 g/mol. The van der Waals surface area contributed by atoms with Crippen molar-refractivity contribution in [3.05, 3.63) is 21.0 Å². The minimum Gasteiger partial charge on any atom is -0.383 e. The first-order valence-electron chi connectivity index (χ1n) is 4.83. The summed E-state index contributed by atoms with van der Waals surface area (Å²) in [6.07, 6.45) is 0. The molecule has 7 heteroatoms. The van der Waals surface area contributed by atoms with Crippen molar-refractivity contribution in [3.8, 4) is 0 Å². The minimum atomic E-state index is -0.552. The van der Waals surface area contributed by atoms with Crippen molar-refractivity contribution in [2.45, 2.75) is 6.54 Å². The Hall–Kier alpha value is -1.63. The average Bonchev–Trinajstić information content (AvgIpc) is 2.23. The van der Waals surface area contributed by atoms with Gasteiger partial charge in [0, 0.05) is 28.3 Å². The Labute approximate surface area is 92.9 Å². The van der Waals surface area contributed by atoms with Crippen LogP contribution in [0.2, 0.25) is 0 Å². The summed E-state index contributed by atoms with van der Waals surface area (Å²) in [6, 6.07) is 0. The van der Waals surface area contributed by atoms with Gasteiger partial charge in [-0.25, -0.2) is 14.2 Å². The lowest BCUT2D eigenvalue weighted by molar-refractivity contribution is 0.183. The third-order valence-corrected chi connectivity index (χ3v) is 2.16. The summed E-state index contributed by atoms with van der Waals surface area (Å²) < 4.78 is 7.21. The summed E-state index contributed by atoms with van der Waals surface area (Å²) in [5.74, 6) is 0.337. The molecule has 0 bridgehead atoms. The van der Waals surface area contributed by atoms with Crippen LogP contribution in [0.3, 0.4) is 0 Å². The second-order valence-corrected chi connectivity index (χ2v) is 3.57. The van der Waals surface area contributed by atoms with Crippen LogP contribution in [0.1, 0.15) is 0 Å². The molecule has 0 unspecified atom stereocenters. The normalized spacial score (nSPS) is 10.5. The van der Waals surface area contributed by atoms with Crippen LogP contribution in [-0.4, -0.2) is 41.9 Å². The highest BCUT2D eigenvalue weighted by molar-refractivity contribution is 5.25. The SMILES string of the molecule is COCCn1c(=O)nc(N(C)C)n(C)c1=O. The number of hydrogen-bond acceptors (Lipinski definition) is 5. The minimum absolute atomic E-state index is 0.211. The molecular formula is C9H16N4O3. The smallest absolute Gasteiger partial charge is 0.355 e. The van der Waals surface area contributed by atoms with Crippen molar-refractivity contribution in [2.75, 3.05) is 32.7 Å². The topological polar surface area (TPSA) is 69.4 Å². The van der Waals surface area contributed by atoms with Crippen LogP contribution in [0.5, 0.6) is 0 Å². The van der Waals surface area contributed by atoms with Crippen molar-refractivity contribution in [1.82, 2.24) is 14.1 Å². The van der Waals surface area contributed by atoms with Crippen molar-refractivity contribution < 1.29 is 4.74 Å². The van der Waals surface area contributed by atoms with E-state index in [1.807, 2.05) is 0 Å². The Morgan fingerprint density at radius 2 is 2.00 bits per heavy atom. The molecule has 0 spiro atoms. The van der Waals surface area contributed by atoms with Crippen molar-refractivity contribution in [2.24, 2.45) is 7.05 Å². The fourth-order valence-corrected chi connectivity index (χ4v) is 1.34. The lowest BCUT2D eigenvalue weighted by Gasteiger charge is -2.15. The Morgan fingerprint density at radius 1 is 1.38 bits per heavy atom. The number of nitrogens with zero attached hydrogens (tertiary/aromatic N) is 4. The number of anilines is 1. The van der Waals surface area contributed by atoms with E-state index in [9.17, 15) is 9.59 Å². The van der Waals surface area contributed by atoms with Gasteiger partial charge in [0.1, 0.15) is 0 Å². The van der Waals surface area contributed by atoms with E-state index >= 15 is 0 Å². The fourth-order valence-electron chi connectivity index (χ4n) is 1.34. The zero-order chi connectivity index (χ0) is 12.3. The van der Waals surface area contributed by atoms with Gasteiger partial charge >= 0.3 is 11.4 Å². The molecule has 90 valence electrons. The molecule has 1 heterocycles. The van der Waals surface area contributed by atoms with Crippen LogP contribution in [0.15, 0.2) is 9.59 Å². The standard InChI is InChI=1S/C9H16N4O3/c1-11(2)7-10-8(14)13(5-6-16-4)9(15)12(7)3/h5-6H2,1-4H3. The summed E-state index contributed by atoms with van der Waals surface area (Å²) in [6.45, 7) is 0.515. The van der Waals surface area contributed by atoms with Crippen LogP contribution < -0.4 is 16.3 Å².